The van der Waals surface area contributed by atoms with Crippen molar-refractivity contribution >= 4 is 36.2 Å². The lowest BCUT2D eigenvalue weighted by Gasteiger charge is -2.34. The molecule has 0 spiro atoms. The van der Waals surface area contributed by atoms with Crippen LogP contribution in [0.15, 0.2) is 35.8 Å². The van der Waals surface area contributed by atoms with E-state index in [9.17, 15) is 0 Å². The molecule has 0 radical (unpaired) electrons. The molecule has 2 aromatic rings. The molecule has 3 nitrogen and oxygen atoms in total. The molecule has 0 aliphatic carbocycles. The minimum atomic E-state index is 0. The predicted molar refractivity (Wildman–Crippen MR) is 90.5 cm³/mol. The van der Waals surface area contributed by atoms with Crippen molar-refractivity contribution in [3.05, 3.63) is 46.4 Å². The molecule has 0 saturated carbocycles. The number of hydrogen-bond acceptors (Lipinski definition) is 3. The molecule has 1 saturated heterocycles. The molecule has 20 heavy (non-hydrogen) atoms. The van der Waals surface area contributed by atoms with Gasteiger partial charge < -0.3 is 9.88 Å². The second-order valence-electron chi connectivity index (χ2n) is 4.75. The molecule has 112 valence electrons. The summed E-state index contributed by atoms with van der Waals surface area (Å²) in [4.78, 5) is 4.02. The number of nitrogens with zero attached hydrogens (tertiary/aromatic N) is 2. The first kappa shape index (κ1) is 17.5. The van der Waals surface area contributed by atoms with Crippen LogP contribution in [0, 0.1) is 0 Å². The number of thiophene rings is 1. The van der Waals surface area contributed by atoms with Gasteiger partial charge in [0.2, 0.25) is 0 Å². The van der Waals surface area contributed by atoms with Crippen LogP contribution in [0.5, 0.6) is 0 Å². The standard InChI is InChI=1S/C14H19N3S.2ClH/c1-16-8-2-4-12(16)14(13-5-3-11-18-13)17-9-6-15-7-10-17;;/h2-5,8,11,14-15H,6-7,9-10H2,1H3;2*1H/t14-;;/m0../s1. The molecule has 0 bridgehead atoms. The monoisotopic (exact) mass is 333 g/mol. The Morgan fingerprint density at radius 3 is 2.45 bits per heavy atom. The summed E-state index contributed by atoms with van der Waals surface area (Å²) in [6.45, 7) is 4.42. The predicted octanol–water partition coefficient (Wildman–Crippen LogP) is 2.92. The van der Waals surface area contributed by atoms with E-state index in [0.717, 1.165) is 26.2 Å². The summed E-state index contributed by atoms with van der Waals surface area (Å²) < 4.78 is 2.24. The van der Waals surface area contributed by atoms with Crippen molar-refractivity contribution in [1.82, 2.24) is 14.8 Å². The first-order valence-corrected chi connectivity index (χ1v) is 7.33. The lowest BCUT2D eigenvalue weighted by atomic mass is 10.1. The minimum absolute atomic E-state index is 0. The molecule has 2 aromatic heterocycles. The Labute approximate surface area is 136 Å². The molecule has 0 unspecified atom stereocenters. The van der Waals surface area contributed by atoms with Gasteiger partial charge in [0.15, 0.2) is 0 Å². The van der Waals surface area contributed by atoms with E-state index in [0.29, 0.717) is 6.04 Å². The maximum absolute atomic E-state index is 3.43. The fraction of sp³-hybridized carbons (Fsp3) is 0.429. The third-order valence-corrected chi connectivity index (χ3v) is 4.52. The highest BCUT2D eigenvalue weighted by molar-refractivity contribution is 7.10. The number of rotatable bonds is 3. The van der Waals surface area contributed by atoms with Crippen LogP contribution in [-0.4, -0.2) is 35.6 Å². The topological polar surface area (TPSA) is 20.2 Å². The van der Waals surface area contributed by atoms with Gasteiger partial charge in [0, 0.05) is 50.0 Å². The molecule has 3 rings (SSSR count). The normalized spacial score (nSPS) is 17.1. The van der Waals surface area contributed by atoms with E-state index in [1.807, 2.05) is 11.3 Å². The Bertz CT molecular complexity index is 492. The van der Waals surface area contributed by atoms with Gasteiger partial charge >= 0.3 is 0 Å². The summed E-state index contributed by atoms with van der Waals surface area (Å²) in [7, 11) is 2.14. The van der Waals surface area contributed by atoms with Crippen LogP contribution in [-0.2, 0) is 7.05 Å². The van der Waals surface area contributed by atoms with Gasteiger partial charge in [-0.25, -0.2) is 0 Å². The van der Waals surface area contributed by atoms with Gasteiger partial charge in [0.1, 0.15) is 0 Å². The Morgan fingerprint density at radius 2 is 1.90 bits per heavy atom. The van der Waals surface area contributed by atoms with Crippen molar-refractivity contribution in [3.8, 4) is 0 Å². The van der Waals surface area contributed by atoms with Crippen LogP contribution in [0.2, 0.25) is 0 Å². The van der Waals surface area contributed by atoms with Crippen molar-refractivity contribution in [1.29, 1.82) is 0 Å². The smallest absolute Gasteiger partial charge is 0.0850 e. The molecular weight excluding hydrogens is 313 g/mol. The zero-order valence-electron chi connectivity index (χ0n) is 11.5. The molecule has 3 heterocycles. The number of nitrogens with one attached hydrogen (secondary N) is 1. The van der Waals surface area contributed by atoms with E-state index in [1.165, 1.54) is 10.6 Å². The van der Waals surface area contributed by atoms with Crippen molar-refractivity contribution < 1.29 is 0 Å². The Balaban J connectivity index is 0.000001000. The molecule has 0 amide bonds. The number of aromatic nitrogens is 1. The van der Waals surface area contributed by atoms with E-state index in [2.05, 4.69) is 57.7 Å². The lowest BCUT2D eigenvalue weighted by Crippen LogP contribution is -2.45. The van der Waals surface area contributed by atoms with Gasteiger partial charge in [-0.3, -0.25) is 4.90 Å². The zero-order chi connectivity index (χ0) is 12.4. The van der Waals surface area contributed by atoms with Crippen molar-refractivity contribution in [2.45, 2.75) is 6.04 Å². The van der Waals surface area contributed by atoms with Gasteiger partial charge in [-0.15, -0.1) is 36.2 Å². The number of piperazine rings is 1. The average Bonchev–Trinajstić information content (AvgIpc) is 3.05. The molecule has 6 heteroatoms. The van der Waals surface area contributed by atoms with Crippen LogP contribution in [0.25, 0.3) is 0 Å². The lowest BCUT2D eigenvalue weighted by molar-refractivity contribution is 0.195. The third-order valence-electron chi connectivity index (χ3n) is 3.59. The number of hydrogen-bond donors (Lipinski definition) is 1. The van der Waals surface area contributed by atoms with Gasteiger partial charge in [-0.1, -0.05) is 6.07 Å². The highest BCUT2D eigenvalue weighted by Gasteiger charge is 2.26. The summed E-state index contributed by atoms with van der Waals surface area (Å²) in [5.41, 5.74) is 1.39. The molecule has 1 fully saturated rings. The largest absolute Gasteiger partial charge is 0.353 e. The summed E-state index contributed by atoms with van der Waals surface area (Å²) in [5.74, 6) is 0. The summed E-state index contributed by atoms with van der Waals surface area (Å²) in [6.07, 6.45) is 2.14. The van der Waals surface area contributed by atoms with E-state index >= 15 is 0 Å². The maximum atomic E-state index is 3.43. The first-order valence-electron chi connectivity index (χ1n) is 6.45. The highest BCUT2D eigenvalue weighted by atomic mass is 35.5. The van der Waals surface area contributed by atoms with Crippen molar-refractivity contribution in [3.63, 3.8) is 0 Å². The van der Waals surface area contributed by atoms with Gasteiger partial charge in [0.25, 0.3) is 0 Å². The fourth-order valence-corrected chi connectivity index (χ4v) is 3.53. The SMILES string of the molecule is Cl.Cl.Cn1cccc1[C@@H](c1cccs1)N1CCNCC1. The average molecular weight is 334 g/mol. The molecule has 1 atom stereocenters. The molecule has 1 N–H and O–H groups in total. The Morgan fingerprint density at radius 1 is 1.15 bits per heavy atom. The van der Waals surface area contributed by atoms with Crippen molar-refractivity contribution in [2.24, 2.45) is 7.05 Å². The van der Waals surface area contributed by atoms with Crippen LogP contribution in [0.4, 0.5) is 0 Å². The second kappa shape index (κ2) is 8.05. The minimum Gasteiger partial charge on any atom is -0.353 e. The summed E-state index contributed by atoms with van der Waals surface area (Å²) in [6, 6.07) is 9.19. The highest BCUT2D eigenvalue weighted by Crippen LogP contribution is 2.31. The van der Waals surface area contributed by atoms with Gasteiger partial charge in [-0.05, 0) is 23.6 Å². The molecular formula is C14H21Cl2N3S. The van der Waals surface area contributed by atoms with E-state index in [-0.39, 0.29) is 24.8 Å². The van der Waals surface area contributed by atoms with Crippen molar-refractivity contribution in [2.75, 3.05) is 26.2 Å². The quantitative estimate of drug-likeness (QED) is 0.931. The number of halogens is 2. The number of aryl methyl sites for hydroxylation is 1. The van der Waals surface area contributed by atoms with Gasteiger partial charge in [0.05, 0.1) is 6.04 Å². The Kier molecular flexibility index (Phi) is 7.06. The fourth-order valence-electron chi connectivity index (χ4n) is 2.66. The molecule has 1 aliphatic heterocycles. The Hall–Kier alpha value is -0.520. The van der Waals surface area contributed by atoms with E-state index < -0.39 is 0 Å². The zero-order valence-corrected chi connectivity index (χ0v) is 13.9. The summed E-state index contributed by atoms with van der Waals surface area (Å²) >= 11 is 1.86. The van der Waals surface area contributed by atoms with E-state index in [4.69, 9.17) is 0 Å². The van der Waals surface area contributed by atoms with Crippen LogP contribution in [0.1, 0.15) is 16.6 Å². The molecule has 1 aliphatic rings. The van der Waals surface area contributed by atoms with Crippen LogP contribution >= 0.6 is 36.2 Å². The third kappa shape index (κ3) is 3.57. The van der Waals surface area contributed by atoms with Gasteiger partial charge in [-0.2, -0.15) is 0 Å². The summed E-state index contributed by atoms with van der Waals surface area (Å²) in [5, 5.41) is 5.60. The van der Waals surface area contributed by atoms with Crippen LogP contribution in [0.3, 0.4) is 0 Å². The molecule has 0 aromatic carbocycles. The second-order valence-corrected chi connectivity index (χ2v) is 5.73. The van der Waals surface area contributed by atoms with Crippen LogP contribution < -0.4 is 5.32 Å². The van der Waals surface area contributed by atoms with E-state index in [1.54, 1.807) is 0 Å². The maximum Gasteiger partial charge on any atom is 0.0850 e. The first-order chi connectivity index (χ1) is 8.86.